The van der Waals surface area contributed by atoms with Crippen molar-refractivity contribution >= 4 is 45.2 Å². The van der Waals surface area contributed by atoms with Crippen molar-refractivity contribution in [2.75, 3.05) is 51.3 Å². The molecule has 0 aliphatic carbocycles. The first-order valence-electron chi connectivity index (χ1n) is 16.6. The van der Waals surface area contributed by atoms with Crippen LogP contribution in [-0.2, 0) is 4.74 Å². The highest BCUT2D eigenvalue weighted by atomic mass is 35.5. The summed E-state index contributed by atoms with van der Waals surface area (Å²) in [6.07, 6.45) is 5.00. The molecular formula is C36H41ClF2N6O3. The van der Waals surface area contributed by atoms with E-state index in [1.165, 1.54) is 20.0 Å². The highest BCUT2D eigenvalue weighted by molar-refractivity contribution is 6.36. The van der Waals surface area contributed by atoms with Crippen molar-refractivity contribution in [2.45, 2.75) is 64.3 Å². The number of alkyl halides is 1. The molecule has 9 nitrogen and oxygen atoms in total. The Morgan fingerprint density at radius 3 is 2.58 bits per heavy atom. The van der Waals surface area contributed by atoms with Gasteiger partial charge in [-0.2, -0.15) is 9.97 Å². The summed E-state index contributed by atoms with van der Waals surface area (Å²) in [6, 6.07) is 11.8. The summed E-state index contributed by atoms with van der Waals surface area (Å²) in [4.78, 5) is 32.2. The van der Waals surface area contributed by atoms with Crippen LogP contribution < -0.4 is 9.64 Å². The molecule has 4 saturated heterocycles. The summed E-state index contributed by atoms with van der Waals surface area (Å²) in [7, 11) is 1.46. The SMILES string of the molecule is COc1nc(N2CC3(CCN(C(=O)OC(C)(C)C)C3)C2)c2cnc(-c3cccc4cccc(Cl)c34)c(F)c2n1.FC1CC2CCCN2C1. The zero-order valence-electron chi connectivity index (χ0n) is 27.8. The van der Waals surface area contributed by atoms with Crippen LogP contribution in [0.4, 0.5) is 19.4 Å². The zero-order chi connectivity index (χ0) is 33.8. The van der Waals surface area contributed by atoms with Gasteiger partial charge >= 0.3 is 12.1 Å². The van der Waals surface area contributed by atoms with E-state index in [0.29, 0.717) is 60.6 Å². The van der Waals surface area contributed by atoms with E-state index in [2.05, 4.69) is 24.8 Å². The summed E-state index contributed by atoms with van der Waals surface area (Å²) < 4.78 is 39.7. The first kappa shape index (κ1) is 32.7. The van der Waals surface area contributed by atoms with Gasteiger partial charge in [0.25, 0.3) is 0 Å². The van der Waals surface area contributed by atoms with Crippen molar-refractivity contribution in [2.24, 2.45) is 5.41 Å². The quantitative estimate of drug-likeness (QED) is 0.224. The fourth-order valence-corrected chi connectivity index (χ4v) is 7.93. The number of methoxy groups -OCH3 is 1. The maximum absolute atomic E-state index is 16.1. The summed E-state index contributed by atoms with van der Waals surface area (Å²) in [5.41, 5.74) is 0.285. The topological polar surface area (TPSA) is 83.9 Å². The number of carbonyl (C=O) groups is 1. The molecule has 254 valence electrons. The van der Waals surface area contributed by atoms with E-state index >= 15 is 4.39 Å². The number of halogens is 3. The molecule has 2 atom stereocenters. The normalized spacial score (nSPS) is 21.7. The molecule has 2 unspecified atom stereocenters. The number of carbonyl (C=O) groups excluding carboxylic acids is 1. The molecule has 1 amide bonds. The molecule has 0 bridgehead atoms. The molecule has 0 saturated carbocycles. The number of benzene rings is 2. The molecule has 6 heterocycles. The number of rotatable bonds is 3. The van der Waals surface area contributed by atoms with Crippen LogP contribution in [0.1, 0.15) is 46.5 Å². The predicted octanol–water partition coefficient (Wildman–Crippen LogP) is 7.29. The smallest absolute Gasteiger partial charge is 0.410 e. The Bertz CT molecular complexity index is 1850. The largest absolute Gasteiger partial charge is 0.467 e. The number of aromatic nitrogens is 3. The van der Waals surface area contributed by atoms with Crippen LogP contribution >= 0.6 is 11.6 Å². The number of hydrogen-bond donors (Lipinski definition) is 0. The Morgan fingerprint density at radius 1 is 1.08 bits per heavy atom. The standard InChI is InChI=1S/C29H29ClFN5O3.C7H12FN/c1-28(2,3)39-27(37)35-12-11-29(14-35)15-36(16-29)25-19-13-32-23(22(31)24(19)33-26(34-25)38-4)18-9-5-7-17-8-6-10-20(30)21(17)18;8-6-4-7-2-1-3-9(7)5-6/h5-10,13H,11-12,14-16H2,1-4H3;6-7H,1-5H2. The minimum atomic E-state index is -0.561. The maximum atomic E-state index is 16.1. The van der Waals surface area contributed by atoms with Gasteiger partial charge in [0.05, 0.1) is 12.5 Å². The second-order valence-electron chi connectivity index (χ2n) is 14.5. The van der Waals surface area contributed by atoms with Gasteiger partial charge in [-0.15, -0.1) is 0 Å². The lowest BCUT2D eigenvalue weighted by atomic mass is 9.79. The van der Waals surface area contributed by atoms with Gasteiger partial charge in [0.15, 0.2) is 5.82 Å². The number of pyridine rings is 1. The minimum absolute atomic E-state index is 0.0625. The molecule has 12 heteroatoms. The van der Waals surface area contributed by atoms with E-state index in [9.17, 15) is 9.18 Å². The summed E-state index contributed by atoms with van der Waals surface area (Å²) in [6.45, 7) is 10.0. The van der Waals surface area contributed by atoms with Gasteiger partial charge in [0.2, 0.25) is 0 Å². The van der Waals surface area contributed by atoms with Crippen LogP contribution in [0.2, 0.25) is 5.02 Å². The van der Waals surface area contributed by atoms with Crippen molar-refractivity contribution in [3.05, 3.63) is 53.4 Å². The average Bonchev–Trinajstić information content (AvgIpc) is 3.75. The van der Waals surface area contributed by atoms with E-state index in [1.54, 1.807) is 23.2 Å². The van der Waals surface area contributed by atoms with E-state index in [1.807, 2.05) is 45.0 Å². The van der Waals surface area contributed by atoms with Gasteiger partial charge in [-0.25, -0.2) is 13.6 Å². The van der Waals surface area contributed by atoms with Gasteiger partial charge in [-0.3, -0.25) is 9.88 Å². The summed E-state index contributed by atoms with van der Waals surface area (Å²) in [5, 5.41) is 2.65. The van der Waals surface area contributed by atoms with Crippen LogP contribution in [-0.4, -0.2) is 95.0 Å². The van der Waals surface area contributed by atoms with Crippen LogP contribution in [0, 0.1) is 11.2 Å². The fraction of sp³-hybridized carbons (Fsp3) is 0.500. The van der Waals surface area contributed by atoms with E-state index < -0.39 is 17.6 Å². The lowest BCUT2D eigenvalue weighted by molar-refractivity contribution is 0.0265. The second-order valence-corrected chi connectivity index (χ2v) is 14.9. The van der Waals surface area contributed by atoms with Crippen molar-refractivity contribution < 1.29 is 23.0 Å². The van der Waals surface area contributed by atoms with Crippen molar-refractivity contribution in [3.63, 3.8) is 0 Å². The fourth-order valence-electron chi connectivity index (χ4n) is 7.65. The molecule has 0 radical (unpaired) electrons. The third-order valence-electron chi connectivity index (χ3n) is 9.84. The van der Waals surface area contributed by atoms with Crippen molar-refractivity contribution in [3.8, 4) is 17.3 Å². The molecule has 2 aromatic heterocycles. The molecule has 0 N–H and O–H groups in total. The van der Waals surface area contributed by atoms with E-state index in [0.717, 1.165) is 30.2 Å². The van der Waals surface area contributed by atoms with Crippen molar-refractivity contribution in [1.82, 2.24) is 24.8 Å². The van der Waals surface area contributed by atoms with Gasteiger partial charge in [0.1, 0.15) is 28.8 Å². The average molecular weight is 679 g/mol. The van der Waals surface area contributed by atoms with Crippen LogP contribution in [0.25, 0.3) is 32.9 Å². The first-order chi connectivity index (χ1) is 22.9. The Kier molecular flexibility index (Phi) is 8.56. The van der Waals surface area contributed by atoms with E-state index in [-0.39, 0.29) is 28.7 Å². The zero-order valence-corrected chi connectivity index (χ0v) is 28.6. The second kappa shape index (κ2) is 12.6. The number of amides is 1. The number of likely N-dealkylation sites (tertiary alicyclic amines) is 1. The number of anilines is 1. The lowest BCUT2D eigenvalue weighted by Gasteiger charge is -2.48. The molecule has 4 aliphatic rings. The number of ether oxygens (including phenoxy) is 2. The summed E-state index contributed by atoms with van der Waals surface area (Å²) >= 11 is 6.51. The van der Waals surface area contributed by atoms with Gasteiger partial charge in [-0.1, -0.05) is 41.9 Å². The minimum Gasteiger partial charge on any atom is -0.467 e. The molecule has 4 aromatic rings. The molecule has 4 fully saturated rings. The molecule has 48 heavy (non-hydrogen) atoms. The Hall–Kier alpha value is -3.83. The van der Waals surface area contributed by atoms with Crippen LogP contribution in [0.15, 0.2) is 42.6 Å². The molecule has 1 spiro atoms. The number of hydrogen-bond acceptors (Lipinski definition) is 8. The molecular weight excluding hydrogens is 638 g/mol. The first-order valence-corrected chi connectivity index (χ1v) is 17.0. The van der Waals surface area contributed by atoms with E-state index in [4.69, 9.17) is 21.1 Å². The van der Waals surface area contributed by atoms with Crippen LogP contribution in [0.5, 0.6) is 6.01 Å². The third kappa shape index (κ3) is 6.22. The highest BCUT2D eigenvalue weighted by Gasteiger charge is 2.50. The third-order valence-corrected chi connectivity index (χ3v) is 10.2. The monoisotopic (exact) mass is 678 g/mol. The van der Waals surface area contributed by atoms with Crippen molar-refractivity contribution in [1.29, 1.82) is 0 Å². The predicted molar refractivity (Wildman–Crippen MR) is 183 cm³/mol. The molecule has 8 rings (SSSR count). The number of nitrogens with zero attached hydrogens (tertiary/aromatic N) is 6. The Morgan fingerprint density at radius 2 is 1.85 bits per heavy atom. The van der Waals surface area contributed by atoms with Crippen LogP contribution in [0.3, 0.4) is 0 Å². The summed E-state index contributed by atoms with van der Waals surface area (Å²) in [5.74, 6) is 0.00108. The molecule has 4 aliphatic heterocycles. The Balaban J connectivity index is 0.000000347. The number of fused-ring (bicyclic) bond motifs is 3. The van der Waals surface area contributed by atoms with Gasteiger partial charge in [-0.05, 0) is 64.5 Å². The lowest BCUT2D eigenvalue weighted by Crippen LogP contribution is -2.58. The molecule has 2 aromatic carbocycles. The maximum Gasteiger partial charge on any atom is 0.410 e. The Labute approximate surface area is 284 Å². The van der Waals surface area contributed by atoms with Gasteiger partial charge < -0.3 is 19.3 Å². The van der Waals surface area contributed by atoms with Gasteiger partial charge in [0, 0.05) is 66.3 Å². The highest BCUT2D eigenvalue weighted by Crippen LogP contribution is 2.44.